The lowest BCUT2D eigenvalue weighted by Gasteiger charge is -2.26. The van der Waals surface area contributed by atoms with Crippen LogP contribution < -0.4 is 4.74 Å². The summed E-state index contributed by atoms with van der Waals surface area (Å²) in [5.41, 5.74) is 1.47. The van der Waals surface area contributed by atoms with Gasteiger partial charge in [-0.2, -0.15) is 11.8 Å². The van der Waals surface area contributed by atoms with Crippen molar-refractivity contribution in [2.45, 2.75) is 57.1 Å². The Bertz CT molecular complexity index is 667. The predicted octanol–water partition coefficient (Wildman–Crippen LogP) is 4.82. The first-order valence-corrected chi connectivity index (χ1v) is 11.5. The summed E-state index contributed by atoms with van der Waals surface area (Å²) >= 11 is 1.95. The highest BCUT2D eigenvalue weighted by Gasteiger charge is 2.35. The number of thioether (sulfide) groups is 1. The quantitative estimate of drug-likeness (QED) is 0.673. The number of fused-ring (bicyclic) bond motifs is 1. The lowest BCUT2D eigenvalue weighted by atomic mass is 9.84. The Morgan fingerprint density at radius 3 is 2.78 bits per heavy atom. The summed E-state index contributed by atoms with van der Waals surface area (Å²) in [5.74, 6) is 3.88. The number of benzene rings is 1. The summed E-state index contributed by atoms with van der Waals surface area (Å²) in [6.45, 7) is 3.60. The highest BCUT2D eigenvalue weighted by molar-refractivity contribution is 7.99. The Morgan fingerprint density at radius 2 is 2.00 bits per heavy atom. The largest absolute Gasteiger partial charge is 0.490 e. The average molecular weight is 387 g/mol. The minimum atomic E-state index is 0.0378. The molecule has 1 aromatic carbocycles. The number of rotatable bonds is 7. The van der Waals surface area contributed by atoms with Gasteiger partial charge in [0.25, 0.3) is 6.02 Å². The lowest BCUT2D eigenvalue weighted by Crippen LogP contribution is -2.39. The van der Waals surface area contributed by atoms with Crippen LogP contribution >= 0.6 is 11.8 Å². The van der Waals surface area contributed by atoms with E-state index < -0.39 is 0 Å². The summed E-state index contributed by atoms with van der Waals surface area (Å²) in [4.78, 5) is 6.66. The third-order valence-corrected chi connectivity index (χ3v) is 6.68. The van der Waals surface area contributed by atoms with Gasteiger partial charge in [0.15, 0.2) is 6.10 Å². The van der Waals surface area contributed by atoms with E-state index in [0.29, 0.717) is 12.6 Å². The molecule has 27 heavy (non-hydrogen) atoms. The minimum Gasteiger partial charge on any atom is -0.490 e. The minimum absolute atomic E-state index is 0.0378. The molecule has 2 heterocycles. The molecular formula is C22H30N2O2S. The molecule has 2 aliphatic heterocycles. The number of aliphatic imine (C=N–C) groups is 1. The Kier molecular flexibility index (Phi) is 6.28. The van der Waals surface area contributed by atoms with Crippen LogP contribution in [0.1, 0.15) is 50.5 Å². The highest BCUT2D eigenvalue weighted by Crippen LogP contribution is 2.33. The van der Waals surface area contributed by atoms with Crippen molar-refractivity contribution in [2.24, 2.45) is 4.99 Å². The normalized spacial score (nSPS) is 25.1. The molecule has 1 saturated carbocycles. The maximum atomic E-state index is 6.02. The summed E-state index contributed by atoms with van der Waals surface area (Å²) in [6, 6.07) is 9.85. The number of hydrogen-bond acceptors (Lipinski definition) is 5. The molecule has 0 aromatic heterocycles. The number of nitrogens with zero attached hydrogens (tertiary/aromatic N) is 2. The van der Waals surface area contributed by atoms with Gasteiger partial charge in [0.2, 0.25) is 0 Å². The van der Waals surface area contributed by atoms with Gasteiger partial charge in [-0.3, -0.25) is 0 Å². The van der Waals surface area contributed by atoms with Crippen LogP contribution in [0.4, 0.5) is 0 Å². The molecule has 146 valence electrons. The second kappa shape index (κ2) is 9.05. The van der Waals surface area contributed by atoms with Crippen LogP contribution in [-0.2, 0) is 4.74 Å². The molecule has 5 heteroatoms. The van der Waals surface area contributed by atoms with E-state index in [2.05, 4.69) is 47.2 Å². The highest BCUT2D eigenvalue weighted by atomic mass is 32.2. The molecule has 0 radical (unpaired) electrons. The molecule has 1 aliphatic carbocycles. The van der Waals surface area contributed by atoms with Gasteiger partial charge >= 0.3 is 0 Å². The first-order chi connectivity index (χ1) is 13.3. The first kappa shape index (κ1) is 18.7. The SMILES string of the molecule is CCSCC1C=CN=C2O[C@H](COc3ccc(C4CCCCC4)cc3)CN21. The van der Waals surface area contributed by atoms with E-state index in [9.17, 15) is 0 Å². The Balaban J connectivity index is 1.28. The van der Waals surface area contributed by atoms with E-state index >= 15 is 0 Å². The van der Waals surface area contributed by atoms with Crippen molar-refractivity contribution < 1.29 is 9.47 Å². The molecule has 4 rings (SSSR count). The fraction of sp³-hybridized carbons (Fsp3) is 0.591. The van der Waals surface area contributed by atoms with Crippen LogP contribution in [0.15, 0.2) is 41.5 Å². The zero-order valence-corrected chi connectivity index (χ0v) is 17.0. The van der Waals surface area contributed by atoms with Gasteiger partial charge in [-0.25, -0.2) is 4.99 Å². The number of ether oxygens (including phenoxy) is 2. The molecule has 4 nitrogen and oxygen atoms in total. The monoisotopic (exact) mass is 386 g/mol. The summed E-state index contributed by atoms with van der Waals surface area (Å²) < 4.78 is 12.0. The third-order valence-electron chi connectivity index (χ3n) is 5.70. The summed E-state index contributed by atoms with van der Waals surface area (Å²) in [6.07, 6.45) is 10.9. The number of hydrogen-bond donors (Lipinski definition) is 0. The van der Waals surface area contributed by atoms with Crippen LogP contribution in [0.25, 0.3) is 0 Å². The Labute approximate surface area is 167 Å². The Hall–Kier alpha value is -1.62. The molecular weight excluding hydrogens is 356 g/mol. The van der Waals surface area contributed by atoms with E-state index in [0.717, 1.165) is 35.7 Å². The maximum absolute atomic E-state index is 6.02. The molecule has 2 fully saturated rings. The van der Waals surface area contributed by atoms with Gasteiger partial charge < -0.3 is 14.4 Å². The van der Waals surface area contributed by atoms with Crippen molar-refractivity contribution in [1.29, 1.82) is 0 Å². The predicted molar refractivity (Wildman–Crippen MR) is 113 cm³/mol. The van der Waals surface area contributed by atoms with E-state index in [-0.39, 0.29) is 6.10 Å². The van der Waals surface area contributed by atoms with Crippen molar-refractivity contribution in [3.8, 4) is 5.75 Å². The van der Waals surface area contributed by atoms with Gasteiger partial charge in [-0.15, -0.1) is 0 Å². The van der Waals surface area contributed by atoms with Gasteiger partial charge in [-0.05, 0) is 48.3 Å². The lowest BCUT2D eigenvalue weighted by molar-refractivity contribution is 0.145. The molecule has 2 atom stereocenters. The third kappa shape index (κ3) is 4.63. The fourth-order valence-electron chi connectivity index (χ4n) is 4.18. The molecule has 1 saturated heterocycles. The van der Waals surface area contributed by atoms with Gasteiger partial charge in [0, 0.05) is 12.0 Å². The van der Waals surface area contributed by atoms with Crippen LogP contribution in [-0.4, -0.2) is 47.7 Å². The summed E-state index contributed by atoms with van der Waals surface area (Å²) in [7, 11) is 0. The first-order valence-electron chi connectivity index (χ1n) is 10.3. The van der Waals surface area contributed by atoms with Crippen LogP contribution in [0.3, 0.4) is 0 Å². The Morgan fingerprint density at radius 1 is 1.19 bits per heavy atom. The molecule has 0 bridgehead atoms. The van der Waals surface area contributed by atoms with Gasteiger partial charge in [-0.1, -0.05) is 38.3 Å². The second-order valence-corrected chi connectivity index (χ2v) is 8.91. The van der Waals surface area contributed by atoms with E-state index in [1.807, 2.05) is 18.0 Å². The summed E-state index contributed by atoms with van der Waals surface area (Å²) in [5, 5.41) is 0. The van der Waals surface area contributed by atoms with Crippen LogP contribution in [0.5, 0.6) is 5.75 Å². The molecule has 1 unspecified atom stereocenters. The van der Waals surface area contributed by atoms with Gasteiger partial charge in [0.1, 0.15) is 12.4 Å². The molecule has 3 aliphatic rings. The van der Waals surface area contributed by atoms with Crippen LogP contribution in [0.2, 0.25) is 0 Å². The smallest absolute Gasteiger partial charge is 0.293 e. The fourth-order valence-corrected chi connectivity index (χ4v) is 4.94. The standard InChI is InChI=1S/C22H30N2O2S/c1-2-27-16-19-12-13-23-22-24(19)14-21(26-22)15-25-20-10-8-18(9-11-20)17-6-4-3-5-7-17/h8-13,17,19,21H,2-7,14-16H2,1H3/t19?,21-/m0/s1. The van der Waals surface area contributed by atoms with Gasteiger partial charge in [0.05, 0.1) is 12.6 Å². The van der Waals surface area contributed by atoms with Crippen molar-refractivity contribution in [3.63, 3.8) is 0 Å². The van der Waals surface area contributed by atoms with Crippen LogP contribution in [0, 0.1) is 0 Å². The van der Waals surface area contributed by atoms with Crippen molar-refractivity contribution in [2.75, 3.05) is 24.7 Å². The van der Waals surface area contributed by atoms with E-state index in [1.165, 1.54) is 37.7 Å². The molecule has 1 aromatic rings. The number of amidine groups is 1. The second-order valence-electron chi connectivity index (χ2n) is 7.59. The molecule has 0 N–H and O–H groups in total. The van der Waals surface area contributed by atoms with E-state index in [4.69, 9.17) is 9.47 Å². The zero-order valence-electron chi connectivity index (χ0n) is 16.2. The molecule has 0 amide bonds. The topological polar surface area (TPSA) is 34.1 Å². The van der Waals surface area contributed by atoms with Crippen molar-refractivity contribution in [3.05, 3.63) is 42.1 Å². The van der Waals surface area contributed by atoms with Crippen molar-refractivity contribution in [1.82, 2.24) is 4.90 Å². The molecule has 0 spiro atoms. The van der Waals surface area contributed by atoms with Crippen molar-refractivity contribution >= 4 is 17.8 Å². The zero-order chi connectivity index (χ0) is 18.5. The van der Waals surface area contributed by atoms with E-state index in [1.54, 1.807) is 0 Å². The average Bonchev–Trinajstić information content (AvgIpc) is 3.15. The maximum Gasteiger partial charge on any atom is 0.293 e.